The summed E-state index contributed by atoms with van der Waals surface area (Å²) in [5.74, 6) is 0.315. The van der Waals surface area contributed by atoms with E-state index in [9.17, 15) is 9.59 Å². The van der Waals surface area contributed by atoms with E-state index in [1.165, 1.54) is 0 Å². The minimum absolute atomic E-state index is 0.00400. The van der Waals surface area contributed by atoms with Crippen LogP contribution in [0.5, 0.6) is 5.75 Å². The van der Waals surface area contributed by atoms with Gasteiger partial charge >= 0.3 is 0 Å². The molecule has 2 aromatic carbocycles. The Morgan fingerprint density at radius 1 is 1.10 bits per heavy atom. The van der Waals surface area contributed by atoms with Crippen LogP contribution in [-0.2, 0) is 7.05 Å². The topological polar surface area (TPSA) is 63.6 Å². The van der Waals surface area contributed by atoms with Gasteiger partial charge in [0.25, 0.3) is 11.5 Å². The first kappa shape index (κ1) is 19.1. The van der Waals surface area contributed by atoms with Gasteiger partial charge in [0, 0.05) is 31.1 Å². The highest BCUT2D eigenvalue weighted by atomic mass is 16.5. The summed E-state index contributed by atoms with van der Waals surface area (Å²) in [5.41, 5.74) is 3.70. The van der Waals surface area contributed by atoms with Gasteiger partial charge in [-0.05, 0) is 50.1 Å². The third-order valence-electron chi connectivity index (χ3n) is 5.57. The van der Waals surface area contributed by atoms with Crippen LogP contribution in [0, 0.1) is 6.92 Å². The highest BCUT2D eigenvalue weighted by Crippen LogP contribution is 2.34. The summed E-state index contributed by atoms with van der Waals surface area (Å²) < 4.78 is 7.02. The number of benzene rings is 2. The van der Waals surface area contributed by atoms with Crippen LogP contribution < -0.4 is 20.5 Å². The van der Waals surface area contributed by atoms with Crippen LogP contribution in [0.1, 0.15) is 28.8 Å². The molecule has 3 aromatic rings. The molecule has 1 saturated heterocycles. The Hall–Kier alpha value is -3.28. The zero-order chi connectivity index (χ0) is 20.5. The van der Waals surface area contributed by atoms with Crippen molar-refractivity contribution in [3.8, 4) is 5.75 Å². The van der Waals surface area contributed by atoms with Gasteiger partial charge in [-0.2, -0.15) is 0 Å². The highest BCUT2D eigenvalue weighted by Gasteiger charge is 2.20. The minimum atomic E-state index is -0.219. The normalized spacial score (nSPS) is 13.7. The lowest BCUT2D eigenvalue weighted by Gasteiger charge is -2.23. The van der Waals surface area contributed by atoms with E-state index in [4.69, 9.17) is 4.74 Å². The Morgan fingerprint density at radius 3 is 2.55 bits per heavy atom. The van der Waals surface area contributed by atoms with E-state index in [0.717, 1.165) is 48.2 Å². The molecule has 1 aliphatic heterocycles. The molecule has 1 aliphatic rings. The molecule has 0 radical (unpaired) electrons. The second kappa shape index (κ2) is 7.62. The average Bonchev–Trinajstić information content (AvgIpc) is 3.26. The molecule has 0 saturated carbocycles. The molecule has 0 atom stereocenters. The van der Waals surface area contributed by atoms with Gasteiger partial charge in [0.2, 0.25) is 0 Å². The average molecular weight is 391 g/mol. The Kier molecular flexibility index (Phi) is 5.01. The SMILES string of the molecule is COc1ccccc1C(=O)Nc1cc2cc(C)c(=O)n(C)c2cc1N1CCCC1. The maximum absolute atomic E-state index is 13.0. The number of aryl methyl sites for hydroxylation is 2. The van der Waals surface area contributed by atoms with Crippen molar-refractivity contribution in [3.05, 3.63) is 63.9 Å². The molecule has 1 aromatic heterocycles. The van der Waals surface area contributed by atoms with Crippen LogP contribution in [0.4, 0.5) is 11.4 Å². The van der Waals surface area contributed by atoms with E-state index in [1.807, 2.05) is 37.3 Å². The number of fused-ring (bicyclic) bond motifs is 1. The second-order valence-electron chi connectivity index (χ2n) is 7.47. The molecule has 1 amide bonds. The number of aromatic nitrogens is 1. The fourth-order valence-corrected chi connectivity index (χ4v) is 4.01. The molecule has 1 fully saturated rings. The molecular formula is C23H25N3O3. The van der Waals surface area contributed by atoms with Crippen LogP contribution >= 0.6 is 0 Å². The number of rotatable bonds is 4. The van der Waals surface area contributed by atoms with Gasteiger partial charge in [0.1, 0.15) is 5.75 Å². The standard InChI is InChI=1S/C23H25N3O3/c1-15-12-16-13-18(24-22(27)17-8-4-5-9-21(17)29-3)20(26-10-6-7-11-26)14-19(16)25(2)23(15)28/h4-5,8-9,12-14H,6-7,10-11H2,1-3H3,(H,24,27). The van der Waals surface area contributed by atoms with Gasteiger partial charge in [-0.1, -0.05) is 12.1 Å². The van der Waals surface area contributed by atoms with Crippen LogP contribution in [0.15, 0.2) is 47.3 Å². The zero-order valence-corrected chi connectivity index (χ0v) is 17.0. The Morgan fingerprint density at radius 2 is 1.83 bits per heavy atom. The van der Waals surface area contributed by atoms with Crippen molar-refractivity contribution in [2.24, 2.45) is 7.05 Å². The largest absolute Gasteiger partial charge is 0.496 e. The van der Waals surface area contributed by atoms with Crippen molar-refractivity contribution in [2.75, 3.05) is 30.4 Å². The molecule has 0 aliphatic carbocycles. The fourth-order valence-electron chi connectivity index (χ4n) is 4.01. The molecule has 150 valence electrons. The molecule has 6 nitrogen and oxygen atoms in total. The molecule has 2 heterocycles. The first-order chi connectivity index (χ1) is 14.0. The molecule has 1 N–H and O–H groups in total. The van der Waals surface area contributed by atoms with Gasteiger partial charge in [0.15, 0.2) is 0 Å². The monoisotopic (exact) mass is 391 g/mol. The minimum Gasteiger partial charge on any atom is -0.496 e. The quantitative estimate of drug-likeness (QED) is 0.736. The summed E-state index contributed by atoms with van der Waals surface area (Å²) in [6.45, 7) is 3.68. The molecule has 0 spiro atoms. The molecule has 6 heteroatoms. The number of nitrogens with zero attached hydrogens (tertiary/aromatic N) is 2. The molecule has 29 heavy (non-hydrogen) atoms. The Labute approximate surface area is 169 Å². The van der Waals surface area contributed by atoms with E-state index >= 15 is 0 Å². The summed E-state index contributed by atoms with van der Waals surface area (Å²) in [6.07, 6.45) is 2.23. The number of carbonyl (C=O) groups excluding carboxylic acids is 1. The van der Waals surface area contributed by atoms with E-state index in [-0.39, 0.29) is 11.5 Å². The van der Waals surface area contributed by atoms with Crippen molar-refractivity contribution < 1.29 is 9.53 Å². The molecular weight excluding hydrogens is 366 g/mol. The Balaban J connectivity index is 1.83. The van der Waals surface area contributed by atoms with E-state index in [1.54, 1.807) is 30.9 Å². The predicted octanol–water partition coefficient (Wildman–Crippen LogP) is 3.71. The summed E-state index contributed by atoms with van der Waals surface area (Å²) in [6, 6.07) is 13.0. The first-order valence-electron chi connectivity index (χ1n) is 9.83. The zero-order valence-electron chi connectivity index (χ0n) is 17.0. The lowest BCUT2D eigenvalue weighted by molar-refractivity contribution is 0.102. The number of para-hydroxylation sites is 1. The third-order valence-corrected chi connectivity index (χ3v) is 5.57. The van der Waals surface area contributed by atoms with Crippen LogP contribution in [0.3, 0.4) is 0 Å². The number of methoxy groups -OCH3 is 1. The smallest absolute Gasteiger partial charge is 0.259 e. The van der Waals surface area contributed by atoms with Gasteiger partial charge in [-0.25, -0.2) is 0 Å². The van der Waals surface area contributed by atoms with E-state index in [0.29, 0.717) is 16.9 Å². The van der Waals surface area contributed by atoms with Gasteiger partial charge in [-0.15, -0.1) is 0 Å². The van der Waals surface area contributed by atoms with E-state index in [2.05, 4.69) is 10.2 Å². The second-order valence-corrected chi connectivity index (χ2v) is 7.47. The predicted molar refractivity (Wildman–Crippen MR) is 116 cm³/mol. The van der Waals surface area contributed by atoms with Crippen LogP contribution in [0.25, 0.3) is 10.9 Å². The first-order valence-corrected chi connectivity index (χ1v) is 9.83. The number of amides is 1. The highest BCUT2D eigenvalue weighted by molar-refractivity contribution is 6.09. The fraction of sp³-hybridized carbons (Fsp3) is 0.304. The number of anilines is 2. The van der Waals surface area contributed by atoms with Gasteiger partial charge in [0.05, 0.1) is 29.6 Å². The molecule has 0 unspecified atom stereocenters. The van der Waals surface area contributed by atoms with Gasteiger partial charge in [-0.3, -0.25) is 9.59 Å². The van der Waals surface area contributed by atoms with Crippen LogP contribution in [0.2, 0.25) is 0 Å². The van der Waals surface area contributed by atoms with Crippen molar-refractivity contribution in [1.29, 1.82) is 0 Å². The maximum atomic E-state index is 13.0. The van der Waals surface area contributed by atoms with Crippen LogP contribution in [-0.4, -0.2) is 30.7 Å². The lowest BCUT2D eigenvalue weighted by atomic mass is 10.1. The van der Waals surface area contributed by atoms with Crippen molar-refractivity contribution in [2.45, 2.75) is 19.8 Å². The van der Waals surface area contributed by atoms with Crippen molar-refractivity contribution >= 4 is 28.2 Å². The number of nitrogens with one attached hydrogen (secondary N) is 1. The summed E-state index contributed by atoms with van der Waals surface area (Å²) in [5, 5.41) is 4.00. The molecule has 4 rings (SSSR count). The summed E-state index contributed by atoms with van der Waals surface area (Å²) in [7, 11) is 3.35. The lowest BCUT2D eigenvalue weighted by Crippen LogP contribution is -2.23. The number of carbonyl (C=O) groups is 1. The summed E-state index contributed by atoms with van der Waals surface area (Å²) >= 11 is 0. The number of hydrogen-bond acceptors (Lipinski definition) is 4. The van der Waals surface area contributed by atoms with Crippen molar-refractivity contribution in [3.63, 3.8) is 0 Å². The number of pyridine rings is 1. The summed E-state index contributed by atoms with van der Waals surface area (Å²) in [4.78, 5) is 27.7. The third kappa shape index (κ3) is 3.46. The van der Waals surface area contributed by atoms with E-state index < -0.39 is 0 Å². The van der Waals surface area contributed by atoms with Crippen molar-refractivity contribution in [1.82, 2.24) is 4.57 Å². The molecule has 0 bridgehead atoms. The Bertz CT molecular complexity index is 1140. The number of ether oxygens (including phenoxy) is 1. The number of hydrogen-bond donors (Lipinski definition) is 1. The van der Waals surface area contributed by atoms with Gasteiger partial charge < -0.3 is 19.5 Å². The maximum Gasteiger partial charge on any atom is 0.259 e.